The van der Waals surface area contributed by atoms with E-state index >= 15 is 0 Å². The minimum Gasteiger partial charge on any atom is -0.454 e. The molecule has 4 rings (SSSR count). The van der Waals surface area contributed by atoms with Crippen LogP contribution in [0.4, 0.5) is 5.69 Å². The molecule has 0 saturated heterocycles. The smallest absolute Gasteiger partial charge is 0.329 e. The van der Waals surface area contributed by atoms with Crippen LogP contribution in [-0.4, -0.2) is 41.2 Å². The molecule has 0 aliphatic carbocycles. The Balaban J connectivity index is 1.46. The molecular formula is C28H26N2O5. The molecule has 0 unspecified atom stereocenters. The first-order valence-corrected chi connectivity index (χ1v) is 11.4. The molecule has 1 N–H and O–H groups in total. The standard InChI is InChI=1S/C28H26N2O5/c1-18(2)16-24(30-26(32)21-13-6-7-14-22(21)27(30)33)28(34)35-17-25(31)29-23-15-9-8-12-20(23)19-10-4-3-5-11-19/h3-15,18,24H,16-17H2,1-2H3,(H,29,31)/t24-/m1/s1. The van der Waals surface area contributed by atoms with E-state index in [2.05, 4.69) is 5.32 Å². The predicted octanol–water partition coefficient (Wildman–Crippen LogP) is 4.55. The van der Waals surface area contributed by atoms with Crippen LogP contribution in [0.1, 0.15) is 41.0 Å². The van der Waals surface area contributed by atoms with Gasteiger partial charge in [0.25, 0.3) is 17.7 Å². The van der Waals surface area contributed by atoms with Crippen molar-refractivity contribution in [3.63, 3.8) is 0 Å². The van der Waals surface area contributed by atoms with E-state index in [1.54, 1.807) is 36.4 Å². The number of benzene rings is 3. The van der Waals surface area contributed by atoms with Gasteiger partial charge in [-0.2, -0.15) is 0 Å². The fourth-order valence-electron chi connectivity index (χ4n) is 4.13. The van der Waals surface area contributed by atoms with Gasteiger partial charge in [-0.3, -0.25) is 19.3 Å². The van der Waals surface area contributed by atoms with Gasteiger partial charge in [-0.1, -0.05) is 74.5 Å². The topological polar surface area (TPSA) is 92.8 Å². The summed E-state index contributed by atoms with van der Waals surface area (Å²) in [4.78, 5) is 52.4. The molecule has 0 spiro atoms. The molecular weight excluding hydrogens is 444 g/mol. The average molecular weight is 471 g/mol. The van der Waals surface area contributed by atoms with Crippen LogP contribution in [0.15, 0.2) is 78.9 Å². The van der Waals surface area contributed by atoms with Crippen molar-refractivity contribution in [2.24, 2.45) is 5.92 Å². The van der Waals surface area contributed by atoms with Crippen molar-refractivity contribution < 1.29 is 23.9 Å². The number of anilines is 1. The lowest BCUT2D eigenvalue weighted by Gasteiger charge is -2.25. The second-order valence-electron chi connectivity index (χ2n) is 8.74. The fourth-order valence-corrected chi connectivity index (χ4v) is 4.13. The summed E-state index contributed by atoms with van der Waals surface area (Å²) >= 11 is 0. The summed E-state index contributed by atoms with van der Waals surface area (Å²) in [7, 11) is 0. The Kier molecular flexibility index (Phi) is 7.06. The number of fused-ring (bicyclic) bond motifs is 1. The molecule has 1 aliphatic rings. The predicted molar refractivity (Wildman–Crippen MR) is 132 cm³/mol. The SMILES string of the molecule is CC(C)C[C@H](C(=O)OCC(=O)Nc1ccccc1-c1ccccc1)N1C(=O)c2ccccc2C1=O. The normalized spacial score (nSPS) is 13.5. The number of ether oxygens (including phenoxy) is 1. The maximum absolute atomic E-state index is 13.0. The van der Waals surface area contributed by atoms with Gasteiger partial charge in [-0.05, 0) is 36.1 Å². The van der Waals surface area contributed by atoms with E-state index in [0.717, 1.165) is 16.0 Å². The third kappa shape index (κ3) is 5.14. The van der Waals surface area contributed by atoms with Crippen molar-refractivity contribution in [1.29, 1.82) is 0 Å². The number of imide groups is 1. The molecule has 7 nitrogen and oxygen atoms in total. The third-order valence-corrected chi connectivity index (χ3v) is 5.74. The Morgan fingerprint density at radius 2 is 1.34 bits per heavy atom. The zero-order valence-corrected chi connectivity index (χ0v) is 19.6. The maximum Gasteiger partial charge on any atom is 0.329 e. The van der Waals surface area contributed by atoms with E-state index in [-0.39, 0.29) is 23.5 Å². The lowest BCUT2D eigenvalue weighted by molar-refractivity contribution is -0.151. The second kappa shape index (κ2) is 10.3. The van der Waals surface area contributed by atoms with Gasteiger partial charge < -0.3 is 10.1 Å². The van der Waals surface area contributed by atoms with Crippen molar-refractivity contribution in [3.8, 4) is 11.1 Å². The lowest BCUT2D eigenvalue weighted by Crippen LogP contribution is -2.46. The summed E-state index contributed by atoms with van der Waals surface area (Å²) < 4.78 is 5.30. The first-order valence-electron chi connectivity index (χ1n) is 11.4. The number of rotatable bonds is 8. The van der Waals surface area contributed by atoms with Crippen LogP contribution in [0.3, 0.4) is 0 Å². The van der Waals surface area contributed by atoms with Crippen molar-refractivity contribution in [1.82, 2.24) is 4.90 Å². The number of amides is 3. The number of hydrogen-bond acceptors (Lipinski definition) is 5. The summed E-state index contributed by atoms with van der Waals surface area (Å²) in [5, 5.41) is 2.78. The highest BCUT2D eigenvalue weighted by Crippen LogP contribution is 2.29. The van der Waals surface area contributed by atoms with E-state index in [4.69, 9.17) is 4.74 Å². The van der Waals surface area contributed by atoms with E-state index in [1.165, 1.54) is 0 Å². The van der Waals surface area contributed by atoms with Crippen LogP contribution in [0.5, 0.6) is 0 Å². The van der Waals surface area contributed by atoms with Crippen molar-refractivity contribution in [2.45, 2.75) is 26.3 Å². The molecule has 0 bridgehead atoms. The molecule has 0 aromatic heterocycles. The first kappa shape index (κ1) is 23.9. The molecule has 0 saturated carbocycles. The summed E-state index contributed by atoms with van der Waals surface area (Å²) in [5.41, 5.74) is 2.86. The molecule has 0 fully saturated rings. The van der Waals surface area contributed by atoms with Gasteiger partial charge >= 0.3 is 5.97 Å². The number of carbonyl (C=O) groups excluding carboxylic acids is 4. The van der Waals surface area contributed by atoms with Crippen molar-refractivity contribution in [3.05, 3.63) is 90.0 Å². The summed E-state index contributed by atoms with van der Waals surface area (Å²) in [6, 6.07) is 22.3. The molecule has 7 heteroatoms. The van der Waals surface area contributed by atoms with Crippen molar-refractivity contribution >= 4 is 29.4 Å². The van der Waals surface area contributed by atoms with E-state index in [9.17, 15) is 19.2 Å². The zero-order chi connectivity index (χ0) is 24.9. The second-order valence-corrected chi connectivity index (χ2v) is 8.74. The largest absolute Gasteiger partial charge is 0.454 e. The van der Waals surface area contributed by atoms with Gasteiger partial charge in [0.2, 0.25) is 0 Å². The van der Waals surface area contributed by atoms with Crippen LogP contribution < -0.4 is 5.32 Å². The van der Waals surface area contributed by atoms with Crippen LogP contribution in [0.25, 0.3) is 11.1 Å². The minimum atomic E-state index is -1.12. The Hall–Kier alpha value is -4.26. The number of nitrogens with zero attached hydrogens (tertiary/aromatic N) is 1. The number of hydrogen-bond donors (Lipinski definition) is 1. The lowest BCUT2D eigenvalue weighted by atomic mass is 10.0. The molecule has 3 aromatic carbocycles. The van der Waals surface area contributed by atoms with E-state index in [0.29, 0.717) is 5.69 Å². The molecule has 35 heavy (non-hydrogen) atoms. The van der Waals surface area contributed by atoms with Crippen LogP contribution in [0.2, 0.25) is 0 Å². The first-order chi connectivity index (χ1) is 16.9. The van der Waals surface area contributed by atoms with Crippen LogP contribution in [-0.2, 0) is 14.3 Å². The maximum atomic E-state index is 13.0. The quantitative estimate of drug-likeness (QED) is 0.385. The Bertz CT molecular complexity index is 1230. The van der Waals surface area contributed by atoms with Crippen molar-refractivity contribution in [2.75, 3.05) is 11.9 Å². The number of carbonyl (C=O) groups is 4. The van der Waals surface area contributed by atoms with Gasteiger partial charge in [0.1, 0.15) is 6.04 Å². The van der Waals surface area contributed by atoms with Gasteiger partial charge in [-0.15, -0.1) is 0 Å². The molecule has 178 valence electrons. The molecule has 3 amide bonds. The highest BCUT2D eigenvalue weighted by molar-refractivity contribution is 6.22. The third-order valence-electron chi connectivity index (χ3n) is 5.74. The number of para-hydroxylation sites is 1. The zero-order valence-electron chi connectivity index (χ0n) is 19.6. The highest BCUT2D eigenvalue weighted by Gasteiger charge is 2.43. The summed E-state index contributed by atoms with van der Waals surface area (Å²) in [5.74, 6) is -2.38. The highest BCUT2D eigenvalue weighted by atomic mass is 16.5. The number of esters is 1. The summed E-state index contributed by atoms with van der Waals surface area (Å²) in [6.07, 6.45) is 0.225. The van der Waals surface area contributed by atoms with Gasteiger partial charge in [0.15, 0.2) is 6.61 Å². The minimum absolute atomic E-state index is 0.00318. The van der Waals surface area contributed by atoms with Gasteiger partial charge in [0.05, 0.1) is 11.1 Å². The van der Waals surface area contributed by atoms with E-state index in [1.807, 2.05) is 56.3 Å². The molecule has 0 radical (unpaired) electrons. The monoisotopic (exact) mass is 470 g/mol. The average Bonchev–Trinajstić information content (AvgIpc) is 3.11. The molecule has 3 aromatic rings. The molecule has 1 heterocycles. The number of nitrogens with one attached hydrogen (secondary N) is 1. The molecule has 1 aliphatic heterocycles. The van der Waals surface area contributed by atoms with Crippen LogP contribution >= 0.6 is 0 Å². The Morgan fingerprint density at radius 1 is 0.800 bits per heavy atom. The van der Waals surface area contributed by atoms with E-state index < -0.39 is 36.3 Å². The summed E-state index contributed by atoms with van der Waals surface area (Å²) in [6.45, 7) is 3.22. The van der Waals surface area contributed by atoms with Gasteiger partial charge in [-0.25, -0.2) is 4.79 Å². The Labute approximate surface area is 203 Å². The fraction of sp³-hybridized carbons (Fsp3) is 0.214. The van der Waals surface area contributed by atoms with Gasteiger partial charge in [0, 0.05) is 11.3 Å². The Morgan fingerprint density at radius 3 is 1.94 bits per heavy atom. The molecule has 1 atom stereocenters. The van der Waals surface area contributed by atoms with Crippen LogP contribution in [0, 0.1) is 5.92 Å².